The van der Waals surface area contributed by atoms with E-state index in [9.17, 15) is 0 Å². The first kappa shape index (κ1) is 17.3. The number of methoxy groups -OCH3 is 1. The van der Waals surface area contributed by atoms with Gasteiger partial charge in [0.1, 0.15) is 23.6 Å². The van der Waals surface area contributed by atoms with E-state index in [4.69, 9.17) is 14.0 Å². The van der Waals surface area contributed by atoms with Gasteiger partial charge in [0.05, 0.1) is 24.5 Å². The molecule has 0 saturated carbocycles. The fourth-order valence-electron chi connectivity index (χ4n) is 3.19. The van der Waals surface area contributed by atoms with Gasteiger partial charge in [0.25, 0.3) is 0 Å². The van der Waals surface area contributed by atoms with Crippen LogP contribution in [0.15, 0.2) is 10.9 Å². The van der Waals surface area contributed by atoms with Crippen LogP contribution in [0.25, 0.3) is 10.2 Å². The molecule has 0 radical (unpaired) electrons. The summed E-state index contributed by atoms with van der Waals surface area (Å²) in [5.41, 5.74) is 1.25. The lowest BCUT2D eigenvalue weighted by atomic mass is 10.1. The summed E-state index contributed by atoms with van der Waals surface area (Å²) in [7, 11) is 1.61. The summed E-state index contributed by atoms with van der Waals surface area (Å²) < 4.78 is 16.2. The summed E-state index contributed by atoms with van der Waals surface area (Å²) in [6, 6.07) is 0. The number of hydrogen-bond donors (Lipinski definition) is 0. The smallest absolute Gasteiger partial charge is 0.229 e. The molecule has 1 saturated heterocycles. The number of thiophene rings is 1. The number of anilines is 1. The average molecular weight is 375 g/mol. The first-order chi connectivity index (χ1) is 12.7. The van der Waals surface area contributed by atoms with Gasteiger partial charge in [0, 0.05) is 25.1 Å². The molecular formula is C17H21N5O3S. The van der Waals surface area contributed by atoms with Crippen molar-refractivity contribution in [2.45, 2.75) is 33.0 Å². The molecule has 1 fully saturated rings. The van der Waals surface area contributed by atoms with Crippen LogP contribution in [0.3, 0.4) is 0 Å². The number of fused-ring (bicyclic) bond motifs is 1. The van der Waals surface area contributed by atoms with Gasteiger partial charge in [-0.2, -0.15) is 4.98 Å². The monoisotopic (exact) mass is 375 g/mol. The van der Waals surface area contributed by atoms with Crippen molar-refractivity contribution in [3.8, 4) is 0 Å². The maximum absolute atomic E-state index is 5.91. The molecular weight excluding hydrogens is 354 g/mol. The Hall–Kier alpha value is -2.10. The summed E-state index contributed by atoms with van der Waals surface area (Å²) in [5, 5.41) is 5.05. The zero-order chi connectivity index (χ0) is 18.1. The summed E-state index contributed by atoms with van der Waals surface area (Å²) in [6.45, 7) is 6.77. The van der Waals surface area contributed by atoms with Crippen molar-refractivity contribution in [1.82, 2.24) is 20.1 Å². The number of aryl methyl sites for hydroxylation is 2. The minimum absolute atomic E-state index is 0.0235. The second-order valence-corrected chi connectivity index (χ2v) is 7.54. The number of morpholine rings is 1. The third-order valence-electron chi connectivity index (χ3n) is 4.57. The van der Waals surface area contributed by atoms with Crippen molar-refractivity contribution in [3.05, 3.63) is 28.5 Å². The van der Waals surface area contributed by atoms with Gasteiger partial charge in [0.2, 0.25) is 5.89 Å². The van der Waals surface area contributed by atoms with Gasteiger partial charge < -0.3 is 18.9 Å². The molecule has 26 heavy (non-hydrogen) atoms. The van der Waals surface area contributed by atoms with E-state index in [1.54, 1.807) is 24.8 Å². The number of rotatable bonds is 5. The third kappa shape index (κ3) is 3.29. The van der Waals surface area contributed by atoms with Crippen LogP contribution in [0.4, 0.5) is 5.82 Å². The Balaban J connectivity index is 1.53. The fraction of sp³-hybridized carbons (Fsp3) is 0.529. The van der Waals surface area contributed by atoms with E-state index >= 15 is 0 Å². The van der Waals surface area contributed by atoms with Crippen molar-refractivity contribution in [1.29, 1.82) is 0 Å². The summed E-state index contributed by atoms with van der Waals surface area (Å²) >= 11 is 1.71. The maximum Gasteiger partial charge on any atom is 0.229 e. The minimum atomic E-state index is -0.0235. The minimum Gasteiger partial charge on any atom is -0.377 e. The summed E-state index contributed by atoms with van der Waals surface area (Å²) in [4.78, 5) is 17.9. The Morgan fingerprint density at radius 2 is 2.23 bits per heavy atom. The van der Waals surface area contributed by atoms with Crippen LogP contribution in [0, 0.1) is 13.8 Å². The Labute approximate surface area is 155 Å². The van der Waals surface area contributed by atoms with Crippen molar-refractivity contribution < 1.29 is 14.0 Å². The third-order valence-corrected chi connectivity index (χ3v) is 5.68. The summed E-state index contributed by atoms with van der Waals surface area (Å²) in [6.07, 6.45) is 2.19. The van der Waals surface area contributed by atoms with Crippen LogP contribution >= 0.6 is 11.3 Å². The van der Waals surface area contributed by atoms with E-state index < -0.39 is 0 Å². The molecule has 1 aliphatic rings. The molecule has 1 atom stereocenters. The maximum atomic E-state index is 5.91. The number of ether oxygens (including phenoxy) is 2. The van der Waals surface area contributed by atoms with E-state index in [1.165, 1.54) is 10.4 Å². The van der Waals surface area contributed by atoms with Gasteiger partial charge in [0.15, 0.2) is 5.82 Å². The number of nitrogens with zero attached hydrogens (tertiary/aromatic N) is 5. The van der Waals surface area contributed by atoms with E-state index in [2.05, 4.69) is 38.9 Å². The molecule has 4 rings (SSSR count). The van der Waals surface area contributed by atoms with Crippen molar-refractivity contribution in [2.75, 3.05) is 31.7 Å². The second kappa shape index (κ2) is 7.26. The molecule has 0 aliphatic carbocycles. The van der Waals surface area contributed by atoms with Crippen LogP contribution in [0.5, 0.6) is 0 Å². The van der Waals surface area contributed by atoms with Crippen LogP contribution in [-0.2, 0) is 22.5 Å². The zero-order valence-electron chi connectivity index (χ0n) is 15.1. The van der Waals surface area contributed by atoms with Gasteiger partial charge in [-0.3, -0.25) is 0 Å². The van der Waals surface area contributed by atoms with Crippen LogP contribution in [0.2, 0.25) is 0 Å². The van der Waals surface area contributed by atoms with Gasteiger partial charge in [-0.1, -0.05) is 5.16 Å². The highest BCUT2D eigenvalue weighted by atomic mass is 32.1. The largest absolute Gasteiger partial charge is 0.377 e. The lowest BCUT2D eigenvalue weighted by Crippen LogP contribution is -2.44. The SMILES string of the molecule is COCc1noc(C[C@H]2CN(c3ncnc4sc(C)c(C)c34)CCO2)n1. The summed E-state index contributed by atoms with van der Waals surface area (Å²) in [5.74, 6) is 2.10. The highest BCUT2D eigenvalue weighted by Crippen LogP contribution is 2.34. The molecule has 3 aromatic rings. The highest BCUT2D eigenvalue weighted by molar-refractivity contribution is 7.18. The van der Waals surface area contributed by atoms with Gasteiger partial charge in [-0.05, 0) is 19.4 Å². The molecule has 8 nitrogen and oxygen atoms in total. The normalized spacial score (nSPS) is 18.0. The molecule has 1 aliphatic heterocycles. The number of aromatic nitrogens is 4. The Kier molecular flexibility index (Phi) is 4.84. The van der Waals surface area contributed by atoms with Gasteiger partial charge in [-0.15, -0.1) is 11.3 Å². The first-order valence-corrected chi connectivity index (χ1v) is 9.35. The molecule has 3 aromatic heterocycles. The molecule has 0 amide bonds. The quantitative estimate of drug-likeness (QED) is 0.671. The predicted octanol–water partition coefficient (Wildman–Crippen LogP) is 2.29. The molecule has 0 spiro atoms. The topological polar surface area (TPSA) is 86.4 Å². The standard InChI is InChI=1S/C17H21N5O3S/c1-10-11(2)26-17-15(10)16(18-9-19-17)22-4-5-24-12(7-22)6-14-20-13(8-23-3)21-25-14/h9,12H,4-8H2,1-3H3/t12-/m0/s1. The molecule has 0 unspecified atom stereocenters. The lowest BCUT2D eigenvalue weighted by Gasteiger charge is -2.33. The lowest BCUT2D eigenvalue weighted by molar-refractivity contribution is 0.0360. The van der Waals surface area contributed by atoms with E-state index in [0.717, 1.165) is 29.1 Å². The van der Waals surface area contributed by atoms with Gasteiger partial charge in [-0.25, -0.2) is 9.97 Å². The van der Waals surface area contributed by atoms with Crippen molar-refractivity contribution in [3.63, 3.8) is 0 Å². The van der Waals surface area contributed by atoms with Crippen molar-refractivity contribution in [2.24, 2.45) is 0 Å². The average Bonchev–Trinajstić information content (AvgIpc) is 3.20. The van der Waals surface area contributed by atoms with Crippen LogP contribution in [-0.4, -0.2) is 53.0 Å². The first-order valence-electron chi connectivity index (χ1n) is 8.53. The van der Waals surface area contributed by atoms with Crippen molar-refractivity contribution >= 4 is 27.4 Å². The Morgan fingerprint density at radius 1 is 1.35 bits per heavy atom. The molecule has 138 valence electrons. The highest BCUT2D eigenvalue weighted by Gasteiger charge is 2.26. The Bertz CT molecular complexity index is 909. The molecule has 4 heterocycles. The Morgan fingerprint density at radius 3 is 3.08 bits per heavy atom. The molecule has 0 bridgehead atoms. The predicted molar refractivity (Wildman–Crippen MR) is 97.6 cm³/mol. The van der Waals surface area contributed by atoms with Gasteiger partial charge >= 0.3 is 0 Å². The van der Waals surface area contributed by atoms with E-state index in [0.29, 0.717) is 31.3 Å². The van der Waals surface area contributed by atoms with Crippen LogP contribution in [0.1, 0.15) is 22.2 Å². The molecule has 0 aromatic carbocycles. The molecule has 0 N–H and O–H groups in total. The number of hydrogen-bond acceptors (Lipinski definition) is 9. The van der Waals surface area contributed by atoms with E-state index in [1.807, 2.05) is 0 Å². The second-order valence-electron chi connectivity index (χ2n) is 6.34. The van der Waals surface area contributed by atoms with E-state index in [-0.39, 0.29) is 6.10 Å². The molecule has 9 heteroatoms. The van der Waals surface area contributed by atoms with Crippen LogP contribution < -0.4 is 4.90 Å². The fourth-order valence-corrected chi connectivity index (χ4v) is 4.19. The zero-order valence-corrected chi connectivity index (χ0v) is 15.9.